The van der Waals surface area contributed by atoms with Gasteiger partial charge in [0.1, 0.15) is 5.75 Å². The molecule has 0 aliphatic heterocycles. The fourth-order valence-electron chi connectivity index (χ4n) is 4.04. The van der Waals surface area contributed by atoms with Crippen LogP contribution in [0.3, 0.4) is 0 Å². The quantitative estimate of drug-likeness (QED) is 0.595. The monoisotopic (exact) mass is 447 g/mol. The molecule has 2 N–H and O–H groups in total. The molecule has 0 unspecified atom stereocenters. The number of nitrogens with one attached hydrogen (secondary N) is 1. The van der Waals surface area contributed by atoms with Gasteiger partial charge in [-0.15, -0.1) is 0 Å². The number of benzene rings is 1. The lowest BCUT2D eigenvalue weighted by Crippen LogP contribution is -2.38. The van der Waals surface area contributed by atoms with Crippen molar-refractivity contribution >= 4 is 5.91 Å². The Morgan fingerprint density at radius 3 is 2.58 bits per heavy atom. The highest BCUT2D eigenvalue weighted by atomic mass is 16.5. The van der Waals surface area contributed by atoms with Crippen LogP contribution in [0.25, 0.3) is 16.9 Å². The minimum atomic E-state index is -0.178. The molecule has 1 saturated carbocycles. The van der Waals surface area contributed by atoms with Crippen LogP contribution in [0.15, 0.2) is 42.7 Å². The molecule has 1 fully saturated rings. The third-order valence-electron chi connectivity index (χ3n) is 5.93. The van der Waals surface area contributed by atoms with Crippen LogP contribution in [0, 0.1) is 11.3 Å². The second kappa shape index (κ2) is 9.71. The van der Waals surface area contributed by atoms with Gasteiger partial charge in [0.05, 0.1) is 42.2 Å². The molecule has 2 heterocycles. The number of rotatable bonds is 6. The average molecular weight is 447 g/mol. The van der Waals surface area contributed by atoms with Crippen LogP contribution in [0.1, 0.15) is 41.6 Å². The molecule has 0 radical (unpaired) electrons. The first kappa shape index (κ1) is 22.3. The van der Waals surface area contributed by atoms with Gasteiger partial charge in [-0.25, -0.2) is 4.98 Å². The zero-order valence-corrected chi connectivity index (χ0v) is 18.5. The summed E-state index contributed by atoms with van der Waals surface area (Å²) in [6.45, 7) is 0. The number of pyridine rings is 1. The molecule has 2 aromatic heterocycles. The molecule has 3 aromatic rings. The highest BCUT2D eigenvalue weighted by Gasteiger charge is 2.23. The lowest BCUT2D eigenvalue weighted by atomic mass is 9.93. The van der Waals surface area contributed by atoms with Crippen molar-refractivity contribution in [2.24, 2.45) is 0 Å². The highest BCUT2D eigenvalue weighted by molar-refractivity contribution is 5.94. The van der Waals surface area contributed by atoms with Crippen molar-refractivity contribution in [3.05, 3.63) is 53.9 Å². The zero-order chi connectivity index (χ0) is 23.4. The fraction of sp³-hybridized carbons (Fsp3) is 0.333. The van der Waals surface area contributed by atoms with Gasteiger partial charge in [-0.2, -0.15) is 15.0 Å². The van der Waals surface area contributed by atoms with E-state index in [0.29, 0.717) is 33.8 Å². The van der Waals surface area contributed by atoms with E-state index in [1.165, 1.54) is 24.2 Å². The zero-order valence-electron chi connectivity index (χ0n) is 18.5. The Bertz CT molecular complexity index is 1170. The molecule has 9 heteroatoms. The van der Waals surface area contributed by atoms with Crippen LogP contribution in [-0.4, -0.2) is 52.1 Å². The summed E-state index contributed by atoms with van der Waals surface area (Å²) in [5.41, 5.74) is 1.92. The van der Waals surface area contributed by atoms with Crippen molar-refractivity contribution in [1.29, 1.82) is 5.26 Å². The van der Waals surface area contributed by atoms with Gasteiger partial charge in [-0.1, -0.05) is 0 Å². The van der Waals surface area contributed by atoms with E-state index in [1.807, 2.05) is 0 Å². The van der Waals surface area contributed by atoms with E-state index in [4.69, 9.17) is 14.7 Å². The van der Waals surface area contributed by atoms with E-state index < -0.39 is 0 Å². The van der Waals surface area contributed by atoms with E-state index in [9.17, 15) is 9.90 Å². The van der Waals surface area contributed by atoms with Gasteiger partial charge in [0, 0.05) is 24.9 Å². The summed E-state index contributed by atoms with van der Waals surface area (Å²) < 4.78 is 12.0. The van der Waals surface area contributed by atoms with Crippen molar-refractivity contribution < 1.29 is 19.4 Å². The number of nitriles is 1. The van der Waals surface area contributed by atoms with Crippen molar-refractivity contribution in [3.63, 3.8) is 0 Å². The number of ether oxygens (including phenoxy) is 2. The van der Waals surface area contributed by atoms with E-state index in [-0.39, 0.29) is 23.9 Å². The summed E-state index contributed by atoms with van der Waals surface area (Å²) in [5.74, 6) is 0.507. The summed E-state index contributed by atoms with van der Waals surface area (Å²) in [6, 6.07) is 10.4. The SMILES string of the molecule is COc1cc(C#N)ccc1-c1cnn(-c2ccc(C(=O)NC3CCC(OC)CC3)cn2)c1O. The molecular formula is C24H25N5O4. The predicted octanol–water partition coefficient (Wildman–Crippen LogP) is 3.21. The van der Waals surface area contributed by atoms with Crippen molar-refractivity contribution in [2.75, 3.05) is 14.2 Å². The van der Waals surface area contributed by atoms with Gasteiger partial charge >= 0.3 is 0 Å². The number of aromatic nitrogens is 3. The fourth-order valence-corrected chi connectivity index (χ4v) is 4.04. The number of methoxy groups -OCH3 is 2. The molecule has 33 heavy (non-hydrogen) atoms. The maximum absolute atomic E-state index is 12.6. The largest absolute Gasteiger partial charge is 0.496 e. The summed E-state index contributed by atoms with van der Waals surface area (Å²) in [4.78, 5) is 16.9. The first-order valence-electron chi connectivity index (χ1n) is 10.7. The first-order valence-corrected chi connectivity index (χ1v) is 10.7. The summed E-state index contributed by atoms with van der Waals surface area (Å²) in [5, 5.41) is 27.1. The molecule has 0 saturated heterocycles. The Morgan fingerprint density at radius 2 is 1.94 bits per heavy atom. The normalized spacial score (nSPS) is 17.8. The lowest BCUT2D eigenvalue weighted by molar-refractivity contribution is 0.0599. The molecule has 4 rings (SSSR count). The highest BCUT2D eigenvalue weighted by Crippen LogP contribution is 2.37. The molecular weight excluding hydrogens is 422 g/mol. The minimum absolute atomic E-state index is 0.127. The van der Waals surface area contributed by atoms with Crippen LogP contribution in [-0.2, 0) is 4.74 Å². The topological polar surface area (TPSA) is 122 Å². The second-order valence-electron chi connectivity index (χ2n) is 7.91. The smallest absolute Gasteiger partial charge is 0.253 e. The molecule has 0 atom stereocenters. The van der Waals surface area contributed by atoms with Gasteiger partial charge < -0.3 is 19.9 Å². The van der Waals surface area contributed by atoms with Crippen LogP contribution in [0.2, 0.25) is 0 Å². The molecule has 1 amide bonds. The second-order valence-corrected chi connectivity index (χ2v) is 7.91. The number of hydrogen-bond acceptors (Lipinski definition) is 7. The molecule has 0 spiro atoms. The van der Waals surface area contributed by atoms with Crippen molar-refractivity contribution in [1.82, 2.24) is 20.1 Å². The van der Waals surface area contributed by atoms with Crippen LogP contribution in [0.5, 0.6) is 11.6 Å². The molecule has 1 aromatic carbocycles. The van der Waals surface area contributed by atoms with Gasteiger partial charge in [0.2, 0.25) is 5.88 Å². The molecule has 9 nitrogen and oxygen atoms in total. The van der Waals surface area contributed by atoms with Crippen molar-refractivity contribution in [3.8, 4) is 34.6 Å². The predicted molar refractivity (Wildman–Crippen MR) is 120 cm³/mol. The van der Waals surface area contributed by atoms with Gasteiger partial charge in [0.25, 0.3) is 5.91 Å². The Balaban J connectivity index is 1.49. The van der Waals surface area contributed by atoms with Crippen LogP contribution in [0.4, 0.5) is 0 Å². The number of nitrogens with zero attached hydrogens (tertiary/aromatic N) is 4. The Labute approximate surface area is 191 Å². The van der Waals surface area contributed by atoms with Gasteiger partial charge in [-0.05, 0) is 56.0 Å². The van der Waals surface area contributed by atoms with Gasteiger partial charge in [-0.3, -0.25) is 4.79 Å². The number of amides is 1. The number of hydrogen-bond donors (Lipinski definition) is 2. The Hall–Kier alpha value is -3.90. The summed E-state index contributed by atoms with van der Waals surface area (Å²) in [6.07, 6.45) is 6.88. The average Bonchev–Trinajstić information content (AvgIpc) is 3.25. The molecule has 0 bridgehead atoms. The maximum Gasteiger partial charge on any atom is 0.253 e. The third-order valence-corrected chi connectivity index (χ3v) is 5.93. The Morgan fingerprint density at radius 1 is 1.15 bits per heavy atom. The number of carbonyl (C=O) groups is 1. The van der Waals surface area contributed by atoms with E-state index in [0.717, 1.165) is 25.7 Å². The van der Waals surface area contributed by atoms with Crippen LogP contribution >= 0.6 is 0 Å². The molecule has 1 aliphatic carbocycles. The van der Waals surface area contributed by atoms with E-state index in [2.05, 4.69) is 21.5 Å². The molecule has 170 valence electrons. The van der Waals surface area contributed by atoms with E-state index >= 15 is 0 Å². The molecule has 1 aliphatic rings. The first-order chi connectivity index (χ1) is 16.0. The maximum atomic E-state index is 12.6. The van der Waals surface area contributed by atoms with Crippen molar-refractivity contribution in [2.45, 2.75) is 37.8 Å². The summed E-state index contributed by atoms with van der Waals surface area (Å²) in [7, 11) is 3.22. The standard InChI is InChI=1S/C24H25N5O4/c1-32-18-7-5-17(6-8-18)28-23(30)16-4-10-22(26-13-16)29-24(31)20(14-27-29)19-9-3-15(12-25)11-21(19)33-2/h3-4,9-11,13-14,17-18,31H,5-8H2,1-2H3,(H,28,30). The minimum Gasteiger partial charge on any atom is -0.496 e. The summed E-state index contributed by atoms with van der Waals surface area (Å²) >= 11 is 0. The van der Waals surface area contributed by atoms with Gasteiger partial charge in [0.15, 0.2) is 5.82 Å². The van der Waals surface area contributed by atoms with Crippen LogP contribution < -0.4 is 10.1 Å². The number of carbonyl (C=O) groups excluding carboxylic acids is 1. The lowest BCUT2D eigenvalue weighted by Gasteiger charge is -2.28. The Kier molecular flexibility index (Phi) is 6.56. The van der Waals surface area contributed by atoms with E-state index in [1.54, 1.807) is 37.4 Å². The third kappa shape index (κ3) is 4.66. The number of aromatic hydroxyl groups is 1.